The predicted octanol–water partition coefficient (Wildman–Crippen LogP) is 2.26. The van der Waals surface area contributed by atoms with Gasteiger partial charge < -0.3 is 20.3 Å². The van der Waals surface area contributed by atoms with Crippen LogP contribution in [0.1, 0.15) is 33.4 Å². The number of hydrogen-bond donors (Lipinski definition) is 2. The van der Waals surface area contributed by atoms with Crippen molar-refractivity contribution in [1.29, 1.82) is 0 Å². The zero-order valence-electron chi connectivity index (χ0n) is 16.2. The number of anilines is 1. The van der Waals surface area contributed by atoms with Crippen LogP contribution < -0.4 is 15.5 Å². The number of guanidine groups is 1. The van der Waals surface area contributed by atoms with Crippen molar-refractivity contribution >= 4 is 11.8 Å². The first-order valence-electron chi connectivity index (χ1n) is 8.46. The monoisotopic (exact) mass is 335 g/mol. The predicted molar refractivity (Wildman–Crippen MR) is 102 cm³/mol. The Labute approximate surface area is 146 Å². The zero-order valence-corrected chi connectivity index (χ0v) is 16.2. The Morgan fingerprint density at radius 3 is 2.54 bits per heavy atom. The van der Waals surface area contributed by atoms with Gasteiger partial charge in [-0.05, 0) is 24.5 Å². The third kappa shape index (κ3) is 6.74. The first-order chi connectivity index (χ1) is 11.3. The van der Waals surface area contributed by atoms with Gasteiger partial charge in [-0.25, -0.2) is 9.98 Å². The van der Waals surface area contributed by atoms with Crippen LogP contribution in [0.4, 0.5) is 5.82 Å². The van der Waals surface area contributed by atoms with Crippen LogP contribution >= 0.6 is 0 Å². The fourth-order valence-corrected chi connectivity index (χ4v) is 2.24. The lowest BCUT2D eigenvalue weighted by atomic mass is 9.89. The van der Waals surface area contributed by atoms with Crippen molar-refractivity contribution in [3.8, 4) is 0 Å². The highest BCUT2D eigenvalue weighted by molar-refractivity contribution is 5.79. The van der Waals surface area contributed by atoms with E-state index in [1.807, 2.05) is 37.2 Å². The zero-order chi connectivity index (χ0) is 18.2. The molecule has 1 rings (SSSR count). The molecule has 0 saturated heterocycles. The van der Waals surface area contributed by atoms with E-state index in [1.54, 1.807) is 7.11 Å². The van der Waals surface area contributed by atoms with Crippen LogP contribution in [0.2, 0.25) is 0 Å². The number of aliphatic imine (C=N–C) groups is 1. The molecule has 2 N–H and O–H groups in total. The SMILES string of the molecule is CCNC(=NCc1cccc(N(C)C)n1)NCC(OC)C(C)(C)C. The summed E-state index contributed by atoms with van der Waals surface area (Å²) in [5, 5.41) is 6.63. The average molecular weight is 335 g/mol. The van der Waals surface area contributed by atoms with E-state index in [0.717, 1.165) is 24.0 Å². The van der Waals surface area contributed by atoms with Gasteiger partial charge >= 0.3 is 0 Å². The molecule has 0 fully saturated rings. The van der Waals surface area contributed by atoms with Gasteiger partial charge in [0.1, 0.15) is 5.82 Å². The molecule has 1 aromatic rings. The van der Waals surface area contributed by atoms with E-state index < -0.39 is 0 Å². The number of pyridine rings is 1. The summed E-state index contributed by atoms with van der Waals surface area (Å²) >= 11 is 0. The van der Waals surface area contributed by atoms with Crippen LogP contribution in [0.25, 0.3) is 0 Å². The van der Waals surface area contributed by atoms with Gasteiger partial charge in [0, 0.05) is 34.3 Å². The standard InChI is InChI=1S/C18H33N5O/c1-8-19-17(21-13-15(24-7)18(2,3)4)20-12-14-10-9-11-16(22-14)23(5)6/h9-11,15H,8,12-13H2,1-7H3,(H2,19,20,21). The fourth-order valence-electron chi connectivity index (χ4n) is 2.24. The summed E-state index contributed by atoms with van der Waals surface area (Å²) in [6.07, 6.45) is 0.108. The molecule has 0 saturated carbocycles. The van der Waals surface area contributed by atoms with Gasteiger partial charge in [-0.15, -0.1) is 0 Å². The van der Waals surface area contributed by atoms with Crippen molar-refractivity contribution in [2.24, 2.45) is 10.4 Å². The van der Waals surface area contributed by atoms with Crippen molar-refractivity contribution in [1.82, 2.24) is 15.6 Å². The molecule has 136 valence electrons. The Kier molecular flexibility index (Phi) is 7.98. The quantitative estimate of drug-likeness (QED) is 0.591. The molecule has 0 aromatic carbocycles. The third-order valence-corrected chi connectivity index (χ3v) is 3.70. The van der Waals surface area contributed by atoms with Crippen molar-refractivity contribution in [3.63, 3.8) is 0 Å². The smallest absolute Gasteiger partial charge is 0.191 e. The molecular weight excluding hydrogens is 302 g/mol. The largest absolute Gasteiger partial charge is 0.379 e. The molecule has 0 spiro atoms. The van der Waals surface area contributed by atoms with Gasteiger partial charge in [-0.1, -0.05) is 26.8 Å². The maximum absolute atomic E-state index is 5.59. The van der Waals surface area contributed by atoms with Gasteiger partial charge in [0.25, 0.3) is 0 Å². The average Bonchev–Trinajstić information content (AvgIpc) is 2.52. The number of nitrogens with one attached hydrogen (secondary N) is 2. The molecule has 1 heterocycles. The summed E-state index contributed by atoms with van der Waals surface area (Å²) in [5.41, 5.74) is 1.01. The third-order valence-electron chi connectivity index (χ3n) is 3.70. The molecule has 1 aromatic heterocycles. The van der Waals surface area contributed by atoms with Gasteiger partial charge in [0.05, 0.1) is 18.3 Å². The second-order valence-corrected chi connectivity index (χ2v) is 7.05. The summed E-state index contributed by atoms with van der Waals surface area (Å²) < 4.78 is 5.59. The van der Waals surface area contributed by atoms with Crippen LogP contribution in [-0.2, 0) is 11.3 Å². The highest BCUT2D eigenvalue weighted by Gasteiger charge is 2.24. The minimum Gasteiger partial charge on any atom is -0.379 e. The number of aromatic nitrogens is 1. The minimum atomic E-state index is 0.0701. The van der Waals surface area contributed by atoms with Crippen LogP contribution in [0.3, 0.4) is 0 Å². The second kappa shape index (κ2) is 9.47. The molecule has 0 aliphatic heterocycles. The maximum Gasteiger partial charge on any atom is 0.191 e. The second-order valence-electron chi connectivity index (χ2n) is 7.05. The topological polar surface area (TPSA) is 61.8 Å². The Balaban J connectivity index is 2.73. The highest BCUT2D eigenvalue weighted by atomic mass is 16.5. The lowest BCUT2D eigenvalue weighted by Crippen LogP contribution is -2.45. The molecule has 0 aliphatic carbocycles. The Bertz CT molecular complexity index is 522. The molecule has 24 heavy (non-hydrogen) atoms. The molecule has 1 unspecified atom stereocenters. The summed E-state index contributed by atoms with van der Waals surface area (Å²) in [7, 11) is 5.72. The highest BCUT2D eigenvalue weighted by Crippen LogP contribution is 2.20. The number of rotatable bonds is 7. The molecule has 6 nitrogen and oxygen atoms in total. The lowest BCUT2D eigenvalue weighted by molar-refractivity contribution is 0.0205. The summed E-state index contributed by atoms with van der Waals surface area (Å²) in [4.78, 5) is 11.2. The molecule has 0 aliphatic rings. The summed E-state index contributed by atoms with van der Waals surface area (Å²) in [6.45, 7) is 10.6. The fraction of sp³-hybridized carbons (Fsp3) is 0.667. The van der Waals surface area contributed by atoms with Gasteiger partial charge in [-0.3, -0.25) is 0 Å². The minimum absolute atomic E-state index is 0.0701. The number of ether oxygens (including phenoxy) is 1. The molecule has 0 bridgehead atoms. The van der Waals surface area contributed by atoms with Crippen molar-refractivity contribution in [2.75, 3.05) is 39.2 Å². The lowest BCUT2D eigenvalue weighted by Gasteiger charge is -2.30. The summed E-state index contributed by atoms with van der Waals surface area (Å²) in [5.74, 6) is 1.72. The molecular formula is C18H33N5O. The van der Waals surface area contributed by atoms with Crippen molar-refractivity contribution in [3.05, 3.63) is 23.9 Å². The van der Waals surface area contributed by atoms with Crippen LogP contribution in [0, 0.1) is 5.41 Å². The Hall–Kier alpha value is -1.82. The van der Waals surface area contributed by atoms with Crippen LogP contribution in [0.15, 0.2) is 23.2 Å². The van der Waals surface area contributed by atoms with Crippen molar-refractivity contribution in [2.45, 2.75) is 40.3 Å². The number of methoxy groups -OCH3 is 1. The van der Waals surface area contributed by atoms with Gasteiger partial charge in [0.15, 0.2) is 5.96 Å². The van der Waals surface area contributed by atoms with E-state index in [0.29, 0.717) is 13.1 Å². The Morgan fingerprint density at radius 2 is 2.00 bits per heavy atom. The van der Waals surface area contributed by atoms with Crippen LogP contribution in [0.5, 0.6) is 0 Å². The van der Waals surface area contributed by atoms with E-state index in [4.69, 9.17) is 4.74 Å². The Morgan fingerprint density at radius 1 is 1.29 bits per heavy atom. The molecule has 0 amide bonds. The first-order valence-corrected chi connectivity index (χ1v) is 8.46. The van der Waals surface area contributed by atoms with Gasteiger partial charge in [-0.2, -0.15) is 0 Å². The normalized spacial score (nSPS) is 13.5. The first kappa shape index (κ1) is 20.2. The number of hydrogen-bond acceptors (Lipinski definition) is 4. The maximum atomic E-state index is 5.59. The number of nitrogens with zero attached hydrogens (tertiary/aromatic N) is 3. The van der Waals surface area contributed by atoms with E-state index in [1.165, 1.54) is 0 Å². The molecule has 0 radical (unpaired) electrons. The van der Waals surface area contributed by atoms with E-state index >= 15 is 0 Å². The van der Waals surface area contributed by atoms with Crippen molar-refractivity contribution < 1.29 is 4.74 Å². The van der Waals surface area contributed by atoms with E-state index in [-0.39, 0.29) is 11.5 Å². The molecule has 1 atom stereocenters. The van der Waals surface area contributed by atoms with Crippen LogP contribution in [-0.4, -0.2) is 51.3 Å². The van der Waals surface area contributed by atoms with E-state index in [2.05, 4.69) is 48.3 Å². The molecule has 6 heteroatoms. The van der Waals surface area contributed by atoms with Gasteiger partial charge in [0.2, 0.25) is 0 Å². The van der Waals surface area contributed by atoms with E-state index in [9.17, 15) is 0 Å². The summed E-state index contributed by atoms with van der Waals surface area (Å²) in [6, 6.07) is 5.99.